The summed E-state index contributed by atoms with van der Waals surface area (Å²) >= 11 is 5.88. The second-order valence-corrected chi connectivity index (χ2v) is 5.22. The molecule has 0 saturated carbocycles. The minimum absolute atomic E-state index is 0.134. The molecule has 0 atom stereocenters. The van der Waals surface area contributed by atoms with Crippen molar-refractivity contribution < 1.29 is 0 Å². The van der Waals surface area contributed by atoms with Gasteiger partial charge < -0.3 is 5.32 Å². The smallest absolute Gasteiger partial charge is 0.258 e. The molecule has 0 amide bonds. The molecule has 0 aromatic carbocycles. The molecule has 0 aliphatic rings. The first-order valence-corrected chi connectivity index (χ1v) is 7.03. The van der Waals surface area contributed by atoms with Crippen LogP contribution in [0.5, 0.6) is 0 Å². The van der Waals surface area contributed by atoms with Crippen molar-refractivity contribution in [2.45, 2.75) is 33.1 Å². The number of anilines is 1. The Morgan fingerprint density at radius 2 is 2.10 bits per heavy atom. The fourth-order valence-electron chi connectivity index (χ4n) is 1.71. The van der Waals surface area contributed by atoms with E-state index in [1.807, 2.05) is 0 Å². The Morgan fingerprint density at radius 1 is 1.25 bits per heavy atom. The van der Waals surface area contributed by atoms with Gasteiger partial charge in [0.15, 0.2) is 0 Å². The van der Waals surface area contributed by atoms with Crippen LogP contribution in [0.25, 0.3) is 5.95 Å². The van der Waals surface area contributed by atoms with Gasteiger partial charge in [-0.3, -0.25) is 0 Å². The molecular weight excluding hydrogens is 278 g/mol. The van der Waals surface area contributed by atoms with Crippen molar-refractivity contribution in [3.05, 3.63) is 17.9 Å². The molecule has 0 unspecified atom stereocenters. The van der Waals surface area contributed by atoms with Crippen LogP contribution in [0.15, 0.2) is 12.7 Å². The molecule has 1 N–H and O–H groups in total. The summed E-state index contributed by atoms with van der Waals surface area (Å²) in [4.78, 5) is 16.2. The summed E-state index contributed by atoms with van der Waals surface area (Å²) in [6.45, 7) is 5.26. The van der Waals surface area contributed by atoms with Crippen molar-refractivity contribution in [1.29, 1.82) is 0 Å². The molecular formula is C12H18ClN7. The van der Waals surface area contributed by atoms with Gasteiger partial charge in [-0.25, -0.2) is 4.98 Å². The zero-order valence-corrected chi connectivity index (χ0v) is 12.4. The predicted octanol–water partition coefficient (Wildman–Crippen LogP) is 2.34. The van der Waals surface area contributed by atoms with E-state index in [2.05, 4.69) is 44.2 Å². The maximum atomic E-state index is 5.88. The third-order valence-corrected chi connectivity index (χ3v) is 2.88. The standard InChI is InChI=1S/C12H18ClN7/c1-9(2)5-3-4-6-15-11-17-10(13)18-12(19-11)20-8-14-7-16-20/h7-9H,3-6H2,1-2H3,(H,15,17,18,19). The van der Waals surface area contributed by atoms with E-state index >= 15 is 0 Å². The van der Waals surface area contributed by atoms with Crippen LogP contribution in [0.3, 0.4) is 0 Å². The molecule has 2 heterocycles. The molecule has 0 fully saturated rings. The largest absolute Gasteiger partial charge is 0.354 e. The molecule has 2 aromatic rings. The Kier molecular flexibility index (Phi) is 5.23. The predicted molar refractivity (Wildman–Crippen MR) is 76.9 cm³/mol. The fourth-order valence-corrected chi connectivity index (χ4v) is 1.87. The number of unbranched alkanes of at least 4 members (excludes halogenated alkanes) is 1. The second-order valence-electron chi connectivity index (χ2n) is 4.88. The van der Waals surface area contributed by atoms with Gasteiger partial charge in [-0.1, -0.05) is 26.7 Å². The minimum Gasteiger partial charge on any atom is -0.354 e. The number of nitrogens with one attached hydrogen (secondary N) is 1. The number of aromatic nitrogens is 6. The molecule has 2 rings (SSSR count). The highest BCUT2D eigenvalue weighted by atomic mass is 35.5. The van der Waals surface area contributed by atoms with Crippen LogP contribution in [-0.2, 0) is 0 Å². The molecule has 0 spiro atoms. The zero-order valence-electron chi connectivity index (χ0n) is 11.6. The molecule has 7 nitrogen and oxygen atoms in total. The summed E-state index contributed by atoms with van der Waals surface area (Å²) in [6.07, 6.45) is 6.40. The van der Waals surface area contributed by atoms with E-state index in [1.54, 1.807) is 0 Å². The van der Waals surface area contributed by atoms with Crippen LogP contribution in [0, 0.1) is 5.92 Å². The van der Waals surface area contributed by atoms with E-state index < -0.39 is 0 Å². The van der Waals surface area contributed by atoms with E-state index in [1.165, 1.54) is 30.2 Å². The van der Waals surface area contributed by atoms with Gasteiger partial charge in [0.2, 0.25) is 11.2 Å². The summed E-state index contributed by atoms with van der Waals surface area (Å²) in [5, 5.41) is 7.25. The number of nitrogens with zero attached hydrogens (tertiary/aromatic N) is 6. The van der Waals surface area contributed by atoms with Gasteiger partial charge in [0.1, 0.15) is 12.7 Å². The third kappa shape index (κ3) is 4.41. The Labute approximate surface area is 122 Å². The Balaban J connectivity index is 1.92. The van der Waals surface area contributed by atoms with E-state index in [-0.39, 0.29) is 5.28 Å². The van der Waals surface area contributed by atoms with Crippen LogP contribution in [0.4, 0.5) is 5.95 Å². The van der Waals surface area contributed by atoms with Crippen LogP contribution < -0.4 is 5.32 Å². The summed E-state index contributed by atoms with van der Waals surface area (Å²) < 4.78 is 1.44. The maximum absolute atomic E-state index is 5.88. The van der Waals surface area contributed by atoms with Crippen molar-refractivity contribution in [3.63, 3.8) is 0 Å². The summed E-state index contributed by atoms with van der Waals surface area (Å²) in [7, 11) is 0. The maximum Gasteiger partial charge on any atom is 0.258 e. The minimum atomic E-state index is 0.134. The van der Waals surface area contributed by atoms with Crippen molar-refractivity contribution >= 4 is 17.5 Å². The lowest BCUT2D eigenvalue weighted by Gasteiger charge is -2.07. The van der Waals surface area contributed by atoms with Gasteiger partial charge in [0.05, 0.1) is 0 Å². The first kappa shape index (κ1) is 14.6. The number of hydrogen-bond acceptors (Lipinski definition) is 6. The highest BCUT2D eigenvalue weighted by Gasteiger charge is 2.07. The number of rotatable bonds is 7. The fraction of sp³-hybridized carbons (Fsp3) is 0.583. The number of halogens is 1. The molecule has 0 aliphatic heterocycles. The Morgan fingerprint density at radius 3 is 2.80 bits per heavy atom. The number of hydrogen-bond donors (Lipinski definition) is 1. The third-order valence-electron chi connectivity index (χ3n) is 2.71. The van der Waals surface area contributed by atoms with Crippen molar-refractivity contribution in [2.24, 2.45) is 5.92 Å². The van der Waals surface area contributed by atoms with Crippen LogP contribution >= 0.6 is 11.6 Å². The quantitative estimate of drug-likeness (QED) is 0.790. The first-order valence-electron chi connectivity index (χ1n) is 6.65. The van der Waals surface area contributed by atoms with Crippen LogP contribution in [0.1, 0.15) is 33.1 Å². The van der Waals surface area contributed by atoms with Gasteiger partial charge in [-0.05, 0) is 23.9 Å². The Bertz CT molecular complexity index is 527. The zero-order chi connectivity index (χ0) is 14.4. The highest BCUT2D eigenvalue weighted by Crippen LogP contribution is 2.10. The molecule has 0 aliphatic carbocycles. The average Bonchev–Trinajstić information content (AvgIpc) is 2.91. The van der Waals surface area contributed by atoms with Gasteiger partial charge >= 0.3 is 0 Å². The molecule has 0 radical (unpaired) electrons. The van der Waals surface area contributed by atoms with Gasteiger partial charge in [-0.2, -0.15) is 24.7 Å². The molecule has 8 heteroatoms. The summed E-state index contributed by atoms with van der Waals surface area (Å²) in [5.74, 6) is 1.55. The van der Waals surface area contributed by atoms with E-state index in [9.17, 15) is 0 Å². The van der Waals surface area contributed by atoms with Crippen molar-refractivity contribution in [2.75, 3.05) is 11.9 Å². The van der Waals surface area contributed by atoms with Crippen molar-refractivity contribution in [1.82, 2.24) is 29.7 Å². The summed E-state index contributed by atoms with van der Waals surface area (Å²) in [6, 6.07) is 0. The van der Waals surface area contributed by atoms with E-state index in [0.717, 1.165) is 18.9 Å². The topological polar surface area (TPSA) is 81.4 Å². The first-order chi connectivity index (χ1) is 9.65. The van der Waals surface area contributed by atoms with Gasteiger partial charge in [-0.15, -0.1) is 0 Å². The van der Waals surface area contributed by atoms with Crippen LogP contribution in [0.2, 0.25) is 5.28 Å². The summed E-state index contributed by atoms with van der Waals surface area (Å²) in [5.41, 5.74) is 0. The van der Waals surface area contributed by atoms with Crippen LogP contribution in [-0.4, -0.2) is 36.3 Å². The molecule has 20 heavy (non-hydrogen) atoms. The van der Waals surface area contributed by atoms with E-state index in [4.69, 9.17) is 11.6 Å². The molecule has 2 aromatic heterocycles. The normalized spacial score (nSPS) is 11.0. The lowest BCUT2D eigenvalue weighted by molar-refractivity contribution is 0.544. The molecule has 0 bridgehead atoms. The highest BCUT2D eigenvalue weighted by molar-refractivity contribution is 6.28. The monoisotopic (exact) mass is 295 g/mol. The lowest BCUT2D eigenvalue weighted by atomic mass is 10.1. The van der Waals surface area contributed by atoms with Gasteiger partial charge in [0, 0.05) is 6.54 Å². The molecule has 108 valence electrons. The van der Waals surface area contributed by atoms with Crippen molar-refractivity contribution in [3.8, 4) is 5.95 Å². The SMILES string of the molecule is CC(C)CCCCNc1nc(Cl)nc(-n2cncn2)n1. The second kappa shape index (κ2) is 7.14. The Hall–Kier alpha value is -1.76. The van der Waals surface area contributed by atoms with E-state index in [0.29, 0.717) is 11.9 Å². The molecule has 0 saturated heterocycles. The lowest BCUT2D eigenvalue weighted by Crippen LogP contribution is -2.10. The van der Waals surface area contributed by atoms with Gasteiger partial charge in [0.25, 0.3) is 5.95 Å². The average molecular weight is 296 g/mol.